The number of methoxy groups -OCH3 is 3. The minimum atomic E-state index is -0.301. The van der Waals surface area contributed by atoms with Crippen LogP contribution in [0.15, 0.2) is 18.2 Å². The molecule has 134 valence electrons. The largest absolute Gasteiger partial charge is 0.496 e. The molecule has 0 aromatic heterocycles. The molecule has 0 aliphatic heterocycles. The molecule has 0 saturated carbocycles. The van der Waals surface area contributed by atoms with Gasteiger partial charge in [-0.1, -0.05) is 6.07 Å². The Bertz CT molecular complexity index is 526. The van der Waals surface area contributed by atoms with Crippen molar-refractivity contribution in [1.82, 2.24) is 10.2 Å². The van der Waals surface area contributed by atoms with Crippen molar-refractivity contribution in [2.75, 3.05) is 47.6 Å². The highest BCUT2D eigenvalue weighted by Gasteiger charge is 2.18. The van der Waals surface area contributed by atoms with Gasteiger partial charge in [0, 0.05) is 40.3 Å². The molecular formula is C17H26N2O5. The summed E-state index contributed by atoms with van der Waals surface area (Å²) < 4.78 is 15.4. The molecule has 0 unspecified atom stereocenters. The Kier molecular flexibility index (Phi) is 8.64. The lowest BCUT2D eigenvalue weighted by Crippen LogP contribution is -2.38. The van der Waals surface area contributed by atoms with E-state index >= 15 is 0 Å². The van der Waals surface area contributed by atoms with Gasteiger partial charge in [0.05, 0.1) is 14.2 Å². The van der Waals surface area contributed by atoms with Crippen LogP contribution in [0.1, 0.15) is 23.7 Å². The number of nitrogens with zero attached hydrogens (tertiary/aromatic N) is 1. The van der Waals surface area contributed by atoms with Crippen molar-refractivity contribution in [2.24, 2.45) is 0 Å². The third kappa shape index (κ3) is 5.73. The van der Waals surface area contributed by atoms with Crippen molar-refractivity contribution < 1.29 is 23.8 Å². The van der Waals surface area contributed by atoms with Crippen LogP contribution >= 0.6 is 0 Å². The highest BCUT2D eigenvalue weighted by Crippen LogP contribution is 2.27. The summed E-state index contributed by atoms with van der Waals surface area (Å²) in [5.74, 6) is 0.547. The predicted octanol–water partition coefficient (Wildman–Crippen LogP) is 1.32. The molecule has 1 rings (SSSR count). The van der Waals surface area contributed by atoms with Crippen LogP contribution in [-0.4, -0.2) is 64.3 Å². The van der Waals surface area contributed by atoms with Gasteiger partial charge in [-0.25, -0.2) is 0 Å². The van der Waals surface area contributed by atoms with Gasteiger partial charge in [0.1, 0.15) is 17.1 Å². The summed E-state index contributed by atoms with van der Waals surface area (Å²) in [4.78, 5) is 25.7. The Morgan fingerprint density at radius 2 is 1.71 bits per heavy atom. The second-order valence-corrected chi connectivity index (χ2v) is 5.15. The van der Waals surface area contributed by atoms with Gasteiger partial charge in [0.25, 0.3) is 5.91 Å². The van der Waals surface area contributed by atoms with Gasteiger partial charge >= 0.3 is 0 Å². The van der Waals surface area contributed by atoms with E-state index in [1.807, 2.05) is 0 Å². The molecule has 0 fully saturated rings. The number of nitrogens with one attached hydrogen (secondary N) is 1. The van der Waals surface area contributed by atoms with Gasteiger partial charge in [-0.2, -0.15) is 0 Å². The van der Waals surface area contributed by atoms with E-state index < -0.39 is 0 Å². The summed E-state index contributed by atoms with van der Waals surface area (Å²) in [6.07, 6.45) is 0.754. The van der Waals surface area contributed by atoms with Crippen LogP contribution in [0.4, 0.5) is 0 Å². The maximum Gasteiger partial charge on any atom is 0.258 e. The molecule has 1 aromatic rings. The Labute approximate surface area is 142 Å². The van der Waals surface area contributed by atoms with Crippen LogP contribution in [-0.2, 0) is 9.53 Å². The van der Waals surface area contributed by atoms with E-state index in [1.165, 1.54) is 21.1 Å². The molecule has 24 heavy (non-hydrogen) atoms. The van der Waals surface area contributed by atoms with Gasteiger partial charge < -0.3 is 24.4 Å². The van der Waals surface area contributed by atoms with Crippen molar-refractivity contribution in [3.05, 3.63) is 23.8 Å². The summed E-state index contributed by atoms with van der Waals surface area (Å²) in [6, 6.07) is 5.15. The van der Waals surface area contributed by atoms with E-state index in [2.05, 4.69) is 5.32 Å². The SMILES string of the molecule is COCCCN(CCNC(=O)c1c(OC)cccc1OC)C(C)=O. The van der Waals surface area contributed by atoms with Gasteiger partial charge in [0.15, 0.2) is 0 Å². The van der Waals surface area contributed by atoms with Crippen LogP contribution in [0.25, 0.3) is 0 Å². The highest BCUT2D eigenvalue weighted by atomic mass is 16.5. The Balaban J connectivity index is 2.64. The van der Waals surface area contributed by atoms with Crippen LogP contribution in [0, 0.1) is 0 Å². The number of amides is 2. The minimum Gasteiger partial charge on any atom is -0.496 e. The van der Waals surface area contributed by atoms with Gasteiger partial charge in [-0.3, -0.25) is 9.59 Å². The van der Waals surface area contributed by atoms with Crippen molar-refractivity contribution in [2.45, 2.75) is 13.3 Å². The summed E-state index contributed by atoms with van der Waals surface area (Å²) in [7, 11) is 4.62. The molecule has 0 saturated heterocycles. The molecule has 0 atom stereocenters. The first-order valence-corrected chi connectivity index (χ1v) is 7.78. The number of carbonyl (C=O) groups excluding carboxylic acids is 2. The molecule has 0 spiro atoms. The Morgan fingerprint density at radius 1 is 1.08 bits per heavy atom. The summed E-state index contributed by atoms with van der Waals surface area (Å²) in [6.45, 7) is 3.47. The van der Waals surface area contributed by atoms with E-state index in [1.54, 1.807) is 30.2 Å². The fourth-order valence-corrected chi connectivity index (χ4v) is 2.29. The second kappa shape index (κ2) is 10.5. The van der Waals surface area contributed by atoms with Crippen molar-refractivity contribution in [1.29, 1.82) is 0 Å². The van der Waals surface area contributed by atoms with Crippen LogP contribution < -0.4 is 14.8 Å². The van der Waals surface area contributed by atoms with Crippen LogP contribution in [0.3, 0.4) is 0 Å². The van der Waals surface area contributed by atoms with Gasteiger partial charge in [-0.05, 0) is 18.6 Å². The zero-order chi connectivity index (χ0) is 17.9. The molecule has 1 aromatic carbocycles. The first-order chi connectivity index (χ1) is 11.5. The number of hydrogen-bond acceptors (Lipinski definition) is 5. The first-order valence-electron chi connectivity index (χ1n) is 7.78. The number of ether oxygens (including phenoxy) is 3. The average Bonchev–Trinajstić information content (AvgIpc) is 2.59. The Hall–Kier alpha value is -2.28. The molecule has 0 heterocycles. The minimum absolute atomic E-state index is 0.0322. The lowest BCUT2D eigenvalue weighted by Gasteiger charge is -2.21. The van der Waals surface area contributed by atoms with Crippen LogP contribution in [0.5, 0.6) is 11.5 Å². The molecule has 2 amide bonds. The molecule has 0 aliphatic carbocycles. The molecule has 0 radical (unpaired) electrons. The van der Waals surface area contributed by atoms with E-state index in [0.717, 1.165) is 6.42 Å². The molecule has 0 bridgehead atoms. The third-order valence-electron chi connectivity index (χ3n) is 3.54. The lowest BCUT2D eigenvalue weighted by molar-refractivity contribution is -0.129. The number of rotatable bonds is 10. The Morgan fingerprint density at radius 3 is 2.21 bits per heavy atom. The van der Waals surface area contributed by atoms with Gasteiger partial charge in [-0.15, -0.1) is 0 Å². The molecule has 0 aliphatic rings. The monoisotopic (exact) mass is 338 g/mol. The maximum absolute atomic E-state index is 12.4. The fraction of sp³-hybridized carbons (Fsp3) is 0.529. The zero-order valence-corrected chi connectivity index (χ0v) is 14.8. The average molecular weight is 338 g/mol. The summed E-state index contributed by atoms with van der Waals surface area (Å²) in [5, 5.41) is 2.80. The van der Waals surface area contributed by atoms with Crippen LogP contribution in [0.2, 0.25) is 0 Å². The highest BCUT2D eigenvalue weighted by molar-refractivity contribution is 5.99. The smallest absolute Gasteiger partial charge is 0.258 e. The molecule has 7 heteroatoms. The summed E-state index contributed by atoms with van der Waals surface area (Å²) in [5.41, 5.74) is 0.344. The molecule has 1 N–H and O–H groups in total. The lowest BCUT2D eigenvalue weighted by atomic mass is 10.1. The molecule has 7 nitrogen and oxygen atoms in total. The number of benzene rings is 1. The quantitative estimate of drug-likeness (QED) is 0.651. The van der Waals surface area contributed by atoms with E-state index in [9.17, 15) is 9.59 Å². The van der Waals surface area contributed by atoms with Crippen molar-refractivity contribution >= 4 is 11.8 Å². The van der Waals surface area contributed by atoms with E-state index in [4.69, 9.17) is 14.2 Å². The maximum atomic E-state index is 12.4. The normalized spacial score (nSPS) is 10.2. The number of hydrogen-bond donors (Lipinski definition) is 1. The number of carbonyl (C=O) groups is 2. The van der Waals surface area contributed by atoms with E-state index in [0.29, 0.717) is 43.3 Å². The van der Waals surface area contributed by atoms with Crippen molar-refractivity contribution in [3.8, 4) is 11.5 Å². The zero-order valence-electron chi connectivity index (χ0n) is 14.8. The van der Waals surface area contributed by atoms with E-state index in [-0.39, 0.29) is 11.8 Å². The third-order valence-corrected chi connectivity index (χ3v) is 3.54. The fourth-order valence-electron chi connectivity index (χ4n) is 2.29. The second-order valence-electron chi connectivity index (χ2n) is 5.15. The predicted molar refractivity (Wildman–Crippen MR) is 90.6 cm³/mol. The summed E-state index contributed by atoms with van der Waals surface area (Å²) >= 11 is 0. The topological polar surface area (TPSA) is 77.1 Å². The molecular weight excluding hydrogens is 312 g/mol. The van der Waals surface area contributed by atoms with Crippen molar-refractivity contribution in [3.63, 3.8) is 0 Å². The standard InChI is InChI=1S/C17H26N2O5/c1-13(20)19(10-6-12-22-2)11-9-18-17(21)16-14(23-3)7-5-8-15(16)24-4/h5,7-8H,6,9-12H2,1-4H3,(H,18,21). The van der Waals surface area contributed by atoms with Gasteiger partial charge in [0.2, 0.25) is 5.91 Å². The first kappa shape index (κ1) is 19.8.